The summed E-state index contributed by atoms with van der Waals surface area (Å²) in [5.74, 6) is 0.652. The number of hydrogen-bond donors (Lipinski definition) is 0. The lowest BCUT2D eigenvalue weighted by atomic mass is 9.93. The molecule has 1 saturated carbocycles. The maximum atomic E-state index is 11.0. The molecule has 0 aromatic rings. The van der Waals surface area contributed by atoms with Gasteiger partial charge < -0.3 is 0 Å². The molecule has 1 rings (SSSR count). The van der Waals surface area contributed by atoms with E-state index in [0.717, 1.165) is 32.1 Å². The second-order valence-electron chi connectivity index (χ2n) is 3.47. The Balaban J connectivity index is 2.40. The first-order chi connectivity index (χ1) is 5.75. The largest absolute Gasteiger partial charge is 0.281 e. The molecule has 0 saturated heterocycles. The SMILES string of the molecule is C=CCC[C@@H]1CCC[C@H]1C(=O)Cl. The number of halogens is 1. The van der Waals surface area contributed by atoms with Crippen molar-refractivity contribution in [3.8, 4) is 0 Å². The Bertz CT molecular complexity index is 177. The fourth-order valence-electron chi connectivity index (χ4n) is 2.01. The molecule has 0 amide bonds. The van der Waals surface area contributed by atoms with Crippen molar-refractivity contribution in [3.63, 3.8) is 0 Å². The van der Waals surface area contributed by atoms with Crippen LogP contribution in [0.15, 0.2) is 12.7 Å². The molecule has 0 aromatic heterocycles. The second kappa shape index (κ2) is 4.66. The van der Waals surface area contributed by atoms with E-state index < -0.39 is 0 Å². The summed E-state index contributed by atoms with van der Waals surface area (Å²) in [6.07, 6.45) is 7.30. The van der Waals surface area contributed by atoms with E-state index in [1.165, 1.54) is 0 Å². The molecule has 0 spiro atoms. The Morgan fingerprint density at radius 3 is 2.92 bits per heavy atom. The van der Waals surface area contributed by atoms with Gasteiger partial charge in [-0.15, -0.1) is 6.58 Å². The molecule has 0 aromatic carbocycles. The van der Waals surface area contributed by atoms with Crippen molar-refractivity contribution in [3.05, 3.63) is 12.7 Å². The van der Waals surface area contributed by atoms with Gasteiger partial charge in [0.2, 0.25) is 5.24 Å². The Kier molecular flexibility index (Phi) is 3.80. The van der Waals surface area contributed by atoms with Gasteiger partial charge in [-0.05, 0) is 43.2 Å². The van der Waals surface area contributed by atoms with Gasteiger partial charge in [0.25, 0.3) is 0 Å². The van der Waals surface area contributed by atoms with Gasteiger partial charge in [-0.25, -0.2) is 0 Å². The number of carbonyl (C=O) groups is 1. The first-order valence-electron chi connectivity index (χ1n) is 4.56. The molecule has 0 aliphatic heterocycles. The van der Waals surface area contributed by atoms with Crippen LogP contribution in [0.2, 0.25) is 0 Å². The zero-order valence-corrected chi connectivity index (χ0v) is 8.02. The van der Waals surface area contributed by atoms with E-state index in [4.69, 9.17) is 11.6 Å². The molecule has 0 N–H and O–H groups in total. The normalized spacial score (nSPS) is 28.8. The summed E-state index contributed by atoms with van der Waals surface area (Å²) in [6, 6.07) is 0. The second-order valence-corrected chi connectivity index (χ2v) is 3.84. The number of carbonyl (C=O) groups excluding carboxylic acids is 1. The molecule has 0 heterocycles. The molecule has 1 aliphatic rings. The molecule has 2 heteroatoms. The summed E-state index contributed by atoms with van der Waals surface area (Å²) in [5.41, 5.74) is 0. The number of rotatable bonds is 4. The van der Waals surface area contributed by atoms with E-state index in [0.29, 0.717) is 5.92 Å². The van der Waals surface area contributed by atoms with Crippen molar-refractivity contribution in [2.75, 3.05) is 0 Å². The van der Waals surface area contributed by atoms with Gasteiger partial charge in [-0.1, -0.05) is 12.5 Å². The zero-order chi connectivity index (χ0) is 8.97. The lowest BCUT2D eigenvalue weighted by Crippen LogP contribution is -2.13. The van der Waals surface area contributed by atoms with Crippen LogP contribution in [0.1, 0.15) is 32.1 Å². The van der Waals surface area contributed by atoms with Crippen LogP contribution in [0.3, 0.4) is 0 Å². The minimum absolute atomic E-state index is 0.131. The lowest BCUT2D eigenvalue weighted by molar-refractivity contribution is -0.116. The van der Waals surface area contributed by atoms with Gasteiger partial charge in [0.1, 0.15) is 0 Å². The van der Waals surface area contributed by atoms with E-state index >= 15 is 0 Å². The standard InChI is InChI=1S/C10H15ClO/c1-2-3-5-8-6-4-7-9(8)10(11)12/h2,8-9H,1,3-7H2/t8-,9-/m1/s1. The molecule has 0 radical (unpaired) electrons. The summed E-state index contributed by atoms with van der Waals surface area (Å²) < 4.78 is 0. The summed E-state index contributed by atoms with van der Waals surface area (Å²) >= 11 is 5.49. The van der Waals surface area contributed by atoms with Crippen molar-refractivity contribution in [2.45, 2.75) is 32.1 Å². The number of hydrogen-bond acceptors (Lipinski definition) is 1. The average Bonchev–Trinajstić information content (AvgIpc) is 2.48. The van der Waals surface area contributed by atoms with Crippen LogP contribution in [0.5, 0.6) is 0 Å². The number of allylic oxidation sites excluding steroid dienone is 1. The Morgan fingerprint density at radius 2 is 2.33 bits per heavy atom. The third-order valence-corrected chi connectivity index (χ3v) is 2.97. The van der Waals surface area contributed by atoms with E-state index in [1.807, 2.05) is 6.08 Å². The van der Waals surface area contributed by atoms with Crippen LogP contribution in [0.25, 0.3) is 0 Å². The highest BCUT2D eigenvalue weighted by atomic mass is 35.5. The molecule has 1 aliphatic carbocycles. The van der Waals surface area contributed by atoms with Gasteiger partial charge in [0.15, 0.2) is 0 Å². The molecule has 1 nitrogen and oxygen atoms in total. The molecule has 68 valence electrons. The summed E-state index contributed by atoms with van der Waals surface area (Å²) in [4.78, 5) is 11.0. The quantitative estimate of drug-likeness (QED) is 0.487. The van der Waals surface area contributed by atoms with E-state index in [1.54, 1.807) is 0 Å². The fourth-order valence-corrected chi connectivity index (χ4v) is 2.30. The first kappa shape index (κ1) is 9.79. The van der Waals surface area contributed by atoms with Crippen molar-refractivity contribution < 1.29 is 4.79 Å². The van der Waals surface area contributed by atoms with Gasteiger partial charge >= 0.3 is 0 Å². The maximum absolute atomic E-state index is 11.0. The molecular formula is C10H15ClO. The van der Waals surface area contributed by atoms with Crippen molar-refractivity contribution >= 4 is 16.8 Å². The Hall–Kier alpha value is -0.300. The van der Waals surface area contributed by atoms with Gasteiger partial charge in [-0.2, -0.15) is 0 Å². The van der Waals surface area contributed by atoms with Gasteiger partial charge in [-0.3, -0.25) is 4.79 Å². The van der Waals surface area contributed by atoms with Crippen LogP contribution >= 0.6 is 11.6 Å². The average molecular weight is 187 g/mol. The minimum atomic E-state index is -0.137. The van der Waals surface area contributed by atoms with Gasteiger partial charge in [0, 0.05) is 5.92 Å². The highest BCUT2D eigenvalue weighted by Crippen LogP contribution is 2.36. The smallest absolute Gasteiger partial charge is 0.224 e. The lowest BCUT2D eigenvalue weighted by Gasteiger charge is -2.13. The van der Waals surface area contributed by atoms with Crippen molar-refractivity contribution in [1.29, 1.82) is 0 Å². The topological polar surface area (TPSA) is 17.1 Å². The molecule has 1 fully saturated rings. The van der Waals surface area contributed by atoms with E-state index in [-0.39, 0.29) is 11.2 Å². The molecule has 0 unspecified atom stereocenters. The fraction of sp³-hybridized carbons (Fsp3) is 0.700. The zero-order valence-electron chi connectivity index (χ0n) is 7.26. The predicted molar refractivity (Wildman–Crippen MR) is 51.1 cm³/mol. The Morgan fingerprint density at radius 1 is 1.58 bits per heavy atom. The minimum Gasteiger partial charge on any atom is -0.281 e. The summed E-state index contributed by atoms with van der Waals surface area (Å²) in [6.45, 7) is 3.67. The van der Waals surface area contributed by atoms with Crippen molar-refractivity contribution in [1.82, 2.24) is 0 Å². The van der Waals surface area contributed by atoms with Crippen LogP contribution in [-0.2, 0) is 4.79 Å². The Labute approximate surface area is 78.8 Å². The summed E-state index contributed by atoms with van der Waals surface area (Å²) in [7, 11) is 0. The molecule has 2 atom stereocenters. The third kappa shape index (κ3) is 2.34. The highest BCUT2D eigenvalue weighted by Gasteiger charge is 2.30. The van der Waals surface area contributed by atoms with Crippen LogP contribution in [0, 0.1) is 11.8 Å². The molecule has 12 heavy (non-hydrogen) atoms. The maximum Gasteiger partial charge on any atom is 0.224 e. The van der Waals surface area contributed by atoms with E-state index in [9.17, 15) is 4.79 Å². The molecule has 0 bridgehead atoms. The van der Waals surface area contributed by atoms with Crippen LogP contribution in [0.4, 0.5) is 0 Å². The third-order valence-electron chi connectivity index (χ3n) is 2.69. The molecular weight excluding hydrogens is 172 g/mol. The summed E-state index contributed by atoms with van der Waals surface area (Å²) in [5, 5.41) is -0.137. The van der Waals surface area contributed by atoms with Crippen molar-refractivity contribution in [2.24, 2.45) is 11.8 Å². The predicted octanol–water partition coefficient (Wildman–Crippen LogP) is 3.13. The highest BCUT2D eigenvalue weighted by molar-refractivity contribution is 6.64. The van der Waals surface area contributed by atoms with Crippen LogP contribution < -0.4 is 0 Å². The monoisotopic (exact) mass is 186 g/mol. The first-order valence-corrected chi connectivity index (χ1v) is 4.93. The van der Waals surface area contributed by atoms with Gasteiger partial charge in [0.05, 0.1) is 0 Å². The van der Waals surface area contributed by atoms with E-state index in [2.05, 4.69) is 6.58 Å². The van der Waals surface area contributed by atoms with Crippen LogP contribution in [-0.4, -0.2) is 5.24 Å².